The van der Waals surface area contributed by atoms with Gasteiger partial charge in [0, 0.05) is 6.04 Å². The molecule has 0 spiro atoms. The average Bonchev–Trinajstić information content (AvgIpc) is 1.89. The second-order valence-electron chi connectivity index (χ2n) is 2.13. The van der Waals surface area contributed by atoms with E-state index in [0.717, 1.165) is 12.8 Å². The lowest BCUT2D eigenvalue weighted by atomic mass is 9.96. The van der Waals surface area contributed by atoms with Gasteiger partial charge in [-0.2, -0.15) is 0 Å². The van der Waals surface area contributed by atoms with Crippen molar-refractivity contribution in [1.29, 1.82) is 0 Å². The Kier molecular flexibility index (Phi) is 3.11. The van der Waals surface area contributed by atoms with Crippen molar-refractivity contribution >= 4 is 0 Å². The standard InChI is InChI=1S/C7H14N2/c1-3-7(9,4-2)5-6-8/h3-4,8-9H2,1-2H3. The summed E-state index contributed by atoms with van der Waals surface area (Å²) in [7, 11) is 0. The van der Waals surface area contributed by atoms with Crippen LogP contribution in [0.2, 0.25) is 0 Å². The van der Waals surface area contributed by atoms with Crippen molar-refractivity contribution in [3.05, 3.63) is 0 Å². The van der Waals surface area contributed by atoms with Crippen molar-refractivity contribution < 1.29 is 0 Å². The molecule has 4 N–H and O–H groups in total. The highest BCUT2D eigenvalue weighted by molar-refractivity contribution is 5.13. The van der Waals surface area contributed by atoms with E-state index in [-0.39, 0.29) is 5.54 Å². The maximum Gasteiger partial charge on any atom is 0.0789 e. The van der Waals surface area contributed by atoms with E-state index in [1.165, 1.54) is 0 Å². The van der Waals surface area contributed by atoms with Crippen LogP contribution in [-0.4, -0.2) is 5.54 Å². The molecule has 2 heteroatoms. The molecule has 0 aliphatic heterocycles. The Morgan fingerprint density at radius 3 is 1.89 bits per heavy atom. The lowest BCUT2D eigenvalue weighted by Crippen LogP contribution is -2.36. The minimum atomic E-state index is -0.352. The fourth-order valence-electron chi connectivity index (χ4n) is 0.571. The van der Waals surface area contributed by atoms with E-state index >= 15 is 0 Å². The van der Waals surface area contributed by atoms with Crippen molar-refractivity contribution in [1.82, 2.24) is 0 Å². The van der Waals surface area contributed by atoms with Crippen LogP contribution in [0.5, 0.6) is 0 Å². The summed E-state index contributed by atoms with van der Waals surface area (Å²) >= 11 is 0. The molecule has 0 aromatic heterocycles. The minimum Gasteiger partial charge on any atom is -0.359 e. The Balaban J connectivity index is 4.03. The van der Waals surface area contributed by atoms with Gasteiger partial charge in [-0.25, -0.2) is 0 Å². The van der Waals surface area contributed by atoms with Gasteiger partial charge >= 0.3 is 0 Å². The predicted molar refractivity (Wildman–Crippen MR) is 39.5 cm³/mol. The summed E-state index contributed by atoms with van der Waals surface area (Å²) in [5.74, 6) is 2.76. The largest absolute Gasteiger partial charge is 0.359 e. The van der Waals surface area contributed by atoms with E-state index in [4.69, 9.17) is 11.5 Å². The predicted octanol–water partition coefficient (Wildman–Crippen LogP) is 0.423. The summed E-state index contributed by atoms with van der Waals surface area (Å²) in [6.45, 7) is 4.02. The molecule has 0 atom stereocenters. The lowest BCUT2D eigenvalue weighted by Gasteiger charge is -2.17. The molecule has 0 saturated carbocycles. The van der Waals surface area contributed by atoms with Gasteiger partial charge in [-0.3, -0.25) is 0 Å². The van der Waals surface area contributed by atoms with E-state index in [0.29, 0.717) is 0 Å². The van der Waals surface area contributed by atoms with Crippen LogP contribution < -0.4 is 11.5 Å². The second kappa shape index (κ2) is 3.37. The van der Waals surface area contributed by atoms with Crippen LogP contribution in [0.3, 0.4) is 0 Å². The summed E-state index contributed by atoms with van der Waals surface area (Å²) in [6, 6.07) is 2.34. The van der Waals surface area contributed by atoms with Gasteiger partial charge in [-0.15, -0.1) is 0 Å². The maximum absolute atomic E-state index is 5.75. The van der Waals surface area contributed by atoms with Crippen molar-refractivity contribution in [2.75, 3.05) is 0 Å². The molecule has 0 aromatic carbocycles. The summed E-state index contributed by atoms with van der Waals surface area (Å²) in [4.78, 5) is 0. The lowest BCUT2D eigenvalue weighted by molar-refractivity contribution is 0.512. The molecular weight excluding hydrogens is 112 g/mol. The molecule has 0 aromatic rings. The van der Waals surface area contributed by atoms with E-state index in [2.05, 4.69) is 12.0 Å². The monoisotopic (exact) mass is 126 g/mol. The molecule has 2 nitrogen and oxygen atoms in total. The molecule has 0 unspecified atom stereocenters. The molecular formula is C7H14N2. The Bertz CT molecular complexity index is 126. The van der Waals surface area contributed by atoms with Gasteiger partial charge in [0.2, 0.25) is 0 Å². The fraction of sp³-hybridized carbons (Fsp3) is 0.714. The van der Waals surface area contributed by atoms with Gasteiger partial charge in [0.1, 0.15) is 0 Å². The van der Waals surface area contributed by atoms with Crippen molar-refractivity contribution in [3.63, 3.8) is 0 Å². The molecule has 9 heavy (non-hydrogen) atoms. The molecule has 52 valence electrons. The molecule has 0 saturated heterocycles. The molecule has 0 heterocycles. The molecule has 0 fully saturated rings. The van der Waals surface area contributed by atoms with Gasteiger partial charge < -0.3 is 11.5 Å². The Morgan fingerprint density at radius 2 is 1.78 bits per heavy atom. The summed E-state index contributed by atoms with van der Waals surface area (Å²) in [6.07, 6.45) is 1.71. The maximum atomic E-state index is 5.75. The Labute approximate surface area is 56.6 Å². The van der Waals surface area contributed by atoms with Gasteiger partial charge in [0.25, 0.3) is 0 Å². The third-order valence-corrected chi connectivity index (χ3v) is 1.58. The first-order valence-electron chi connectivity index (χ1n) is 3.20. The first kappa shape index (κ1) is 8.32. The van der Waals surface area contributed by atoms with Gasteiger partial charge in [-0.05, 0) is 12.8 Å². The highest BCUT2D eigenvalue weighted by Crippen LogP contribution is 2.07. The van der Waals surface area contributed by atoms with Gasteiger partial charge in [-0.1, -0.05) is 19.8 Å². The molecule has 0 aliphatic rings. The van der Waals surface area contributed by atoms with E-state index < -0.39 is 0 Å². The number of hydrogen-bond acceptors (Lipinski definition) is 2. The Morgan fingerprint density at radius 1 is 1.33 bits per heavy atom. The molecule has 0 aliphatic carbocycles. The van der Waals surface area contributed by atoms with Crippen molar-refractivity contribution in [2.24, 2.45) is 11.5 Å². The highest BCUT2D eigenvalue weighted by Gasteiger charge is 2.15. The van der Waals surface area contributed by atoms with Crippen molar-refractivity contribution in [3.8, 4) is 12.0 Å². The second-order valence-corrected chi connectivity index (χ2v) is 2.13. The quantitative estimate of drug-likeness (QED) is 0.416. The van der Waals surface area contributed by atoms with Crippen LogP contribution in [-0.2, 0) is 0 Å². The van der Waals surface area contributed by atoms with E-state index in [9.17, 15) is 0 Å². The minimum absolute atomic E-state index is 0.352. The molecule has 0 bridgehead atoms. The number of nitrogens with two attached hydrogens (primary N) is 2. The zero-order valence-corrected chi connectivity index (χ0v) is 6.07. The summed E-state index contributed by atoms with van der Waals surface area (Å²) < 4.78 is 0. The fourth-order valence-corrected chi connectivity index (χ4v) is 0.571. The van der Waals surface area contributed by atoms with Crippen LogP contribution in [0, 0.1) is 12.0 Å². The molecule has 0 radical (unpaired) electrons. The first-order chi connectivity index (χ1) is 4.18. The third-order valence-electron chi connectivity index (χ3n) is 1.58. The normalized spacial score (nSPS) is 10.1. The zero-order chi connectivity index (χ0) is 7.33. The van der Waals surface area contributed by atoms with Crippen LogP contribution in [0.15, 0.2) is 0 Å². The van der Waals surface area contributed by atoms with Crippen LogP contribution in [0.25, 0.3) is 0 Å². The summed E-state index contributed by atoms with van der Waals surface area (Å²) in [5.41, 5.74) is 10.4. The molecule has 0 rings (SSSR count). The number of hydrogen-bond donors (Lipinski definition) is 2. The van der Waals surface area contributed by atoms with E-state index in [1.54, 1.807) is 0 Å². The first-order valence-corrected chi connectivity index (χ1v) is 3.20. The van der Waals surface area contributed by atoms with E-state index in [1.807, 2.05) is 13.8 Å². The molecule has 0 amide bonds. The summed E-state index contributed by atoms with van der Waals surface area (Å²) in [5, 5.41) is 0. The smallest absolute Gasteiger partial charge is 0.0789 e. The van der Waals surface area contributed by atoms with Crippen LogP contribution >= 0.6 is 0 Å². The topological polar surface area (TPSA) is 52.0 Å². The SMILES string of the molecule is CCC(N)(C#CN)CC. The van der Waals surface area contributed by atoms with Crippen LogP contribution in [0.4, 0.5) is 0 Å². The van der Waals surface area contributed by atoms with Gasteiger partial charge in [0.15, 0.2) is 0 Å². The highest BCUT2D eigenvalue weighted by atomic mass is 14.7. The van der Waals surface area contributed by atoms with Crippen LogP contribution in [0.1, 0.15) is 26.7 Å². The average molecular weight is 126 g/mol. The van der Waals surface area contributed by atoms with Crippen molar-refractivity contribution in [2.45, 2.75) is 32.2 Å². The number of rotatable bonds is 2. The zero-order valence-electron chi connectivity index (χ0n) is 6.07. The Hall–Kier alpha value is -0.680. The van der Waals surface area contributed by atoms with Gasteiger partial charge in [0.05, 0.1) is 5.54 Å². The third kappa shape index (κ3) is 2.39.